The summed E-state index contributed by atoms with van der Waals surface area (Å²) < 4.78 is 0. The first-order chi connectivity index (χ1) is 7.35. The second-order valence-corrected chi connectivity index (χ2v) is 3.82. The minimum atomic E-state index is -1.34. The standard InChI is InChI=1S/C10H18N2O4/c1-4-5-12(6-7-13)9(16)11-10(2,3)8(14)15/h4,13H,1,5-7H2,2-3H3,(H,11,16)(H,14,15). The number of aliphatic hydroxyl groups is 1. The smallest absolute Gasteiger partial charge is 0.328 e. The first-order valence-electron chi connectivity index (χ1n) is 4.87. The van der Waals surface area contributed by atoms with E-state index in [2.05, 4.69) is 11.9 Å². The third-order valence-corrected chi connectivity index (χ3v) is 1.96. The average molecular weight is 230 g/mol. The summed E-state index contributed by atoms with van der Waals surface area (Å²) >= 11 is 0. The lowest BCUT2D eigenvalue weighted by Crippen LogP contribution is -2.54. The number of aliphatic carboxylic acids is 1. The highest BCUT2D eigenvalue weighted by Gasteiger charge is 2.30. The lowest BCUT2D eigenvalue weighted by atomic mass is 10.1. The molecular weight excluding hydrogens is 212 g/mol. The van der Waals surface area contributed by atoms with Gasteiger partial charge < -0.3 is 20.4 Å². The predicted molar refractivity (Wildman–Crippen MR) is 59.1 cm³/mol. The Labute approximate surface area is 94.6 Å². The maximum absolute atomic E-state index is 11.6. The van der Waals surface area contributed by atoms with Crippen LogP contribution in [-0.2, 0) is 4.79 Å². The number of nitrogens with zero attached hydrogens (tertiary/aromatic N) is 1. The molecule has 0 fully saturated rings. The molecule has 0 rings (SSSR count). The molecule has 0 aromatic carbocycles. The minimum Gasteiger partial charge on any atom is -0.480 e. The van der Waals surface area contributed by atoms with Gasteiger partial charge in [-0.05, 0) is 13.8 Å². The van der Waals surface area contributed by atoms with E-state index in [1.807, 2.05) is 0 Å². The van der Waals surface area contributed by atoms with E-state index in [0.29, 0.717) is 0 Å². The summed E-state index contributed by atoms with van der Waals surface area (Å²) in [6, 6.07) is -0.540. The number of urea groups is 1. The number of rotatable bonds is 6. The fourth-order valence-corrected chi connectivity index (χ4v) is 0.952. The largest absolute Gasteiger partial charge is 0.480 e. The van der Waals surface area contributed by atoms with Gasteiger partial charge in [-0.2, -0.15) is 0 Å². The second kappa shape index (κ2) is 6.12. The quantitative estimate of drug-likeness (QED) is 0.562. The Morgan fingerprint density at radius 2 is 2.06 bits per heavy atom. The number of carbonyl (C=O) groups excluding carboxylic acids is 1. The highest BCUT2D eigenvalue weighted by atomic mass is 16.4. The highest BCUT2D eigenvalue weighted by Crippen LogP contribution is 2.03. The molecule has 0 spiro atoms. The van der Waals surface area contributed by atoms with Gasteiger partial charge in [0.25, 0.3) is 0 Å². The van der Waals surface area contributed by atoms with Crippen molar-refractivity contribution in [1.82, 2.24) is 10.2 Å². The molecule has 92 valence electrons. The Hall–Kier alpha value is -1.56. The SMILES string of the molecule is C=CCN(CCO)C(=O)NC(C)(C)C(=O)O. The number of hydrogen-bond donors (Lipinski definition) is 3. The molecular formula is C10H18N2O4. The van der Waals surface area contributed by atoms with Crippen LogP contribution in [0.2, 0.25) is 0 Å². The molecule has 0 bridgehead atoms. The molecule has 0 aliphatic carbocycles. The average Bonchev–Trinajstić information content (AvgIpc) is 2.16. The van der Waals surface area contributed by atoms with Gasteiger partial charge in [0.1, 0.15) is 5.54 Å². The van der Waals surface area contributed by atoms with Crippen LogP contribution in [0.5, 0.6) is 0 Å². The van der Waals surface area contributed by atoms with Gasteiger partial charge in [-0.25, -0.2) is 9.59 Å². The molecule has 6 heteroatoms. The third kappa shape index (κ3) is 4.31. The molecule has 0 radical (unpaired) electrons. The van der Waals surface area contributed by atoms with Gasteiger partial charge in [0, 0.05) is 13.1 Å². The molecule has 16 heavy (non-hydrogen) atoms. The molecule has 0 aromatic heterocycles. The topological polar surface area (TPSA) is 89.9 Å². The van der Waals surface area contributed by atoms with Crippen molar-refractivity contribution >= 4 is 12.0 Å². The van der Waals surface area contributed by atoms with E-state index in [1.165, 1.54) is 24.8 Å². The van der Waals surface area contributed by atoms with Crippen molar-refractivity contribution in [2.45, 2.75) is 19.4 Å². The molecule has 0 atom stereocenters. The van der Waals surface area contributed by atoms with Gasteiger partial charge in [0.15, 0.2) is 0 Å². The Morgan fingerprint density at radius 3 is 2.44 bits per heavy atom. The summed E-state index contributed by atoms with van der Waals surface area (Å²) in [6.07, 6.45) is 1.50. The molecule has 0 saturated heterocycles. The van der Waals surface area contributed by atoms with Gasteiger partial charge in [-0.15, -0.1) is 6.58 Å². The van der Waals surface area contributed by atoms with Crippen molar-refractivity contribution in [2.75, 3.05) is 19.7 Å². The molecule has 6 nitrogen and oxygen atoms in total. The summed E-state index contributed by atoms with van der Waals surface area (Å²) in [6.45, 7) is 6.45. The van der Waals surface area contributed by atoms with E-state index in [0.717, 1.165) is 0 Å². The number of carboxylic acids is 1. The van der Waals surface area contributed by atoms with Crippen LogP contribution < -0.4 is 5.32 Å². The van der Waals surface area contributed by atoms with Gasteiger partial charge in [-0.1, -0.05) is 6.08 Å². The summed E-state index contributed by atoms with van der Waals surface area (Å²) in [5, 5.41) is 19.9. The molecule has 3 N–H and O–H groups in total. The number of amides is 2. The zero-order valence-electron chi connectivity index (χ0n) is 9.56. The van der Waals surface area contributed by atoms with E-state index in [1.54, 1.807) is 0 Å². The fourth-order valence-electron chi connectivity index (χ4n) is 0.952. The summed E-state index contributed by atoms with van der Waals surface area (Å²) in [5.41, 5.74) is -1.34. The lowest BCUT2D eigenvalue weighted by Gasteiger charge is -2.27. The van der Waals surface area contributed by atoms with Crippen LogP contribution in [0.3, 0.4) is 0 Å². The zero-order valence-corrected chi connectivity index (χ0v) is 9.56. The first-order valence-corrected chi connectivity index (χ1v) is 4.87. The zero-order chi connectivity index (χ0) is 12.8. The minimum absolute atomic E-state index is 0.132. The van der Waals surface area contributed by atoms with E-state index in [9.17, 15) is 9.59 Å². The molecule has 0 aromatic rings. The molecule has 2 amide bonds. The summed E-state index contributed by atoms with van der Waals surface area (Å²) in [4.78, 5) is 23.7. The van der Waals surface area contributed by atoms with Crippen molar-refractivity contribution in [3.8, 4) is 0 Å². The maximum atomic E-state index is 11.6. The Morgan fingerprint density at radius 1 is 1.50 bits per heavy atom. The predicted octanol–water partition coefficient (Wildman–Crippen LogP) is 0.0395. The van der Waals surface area contributed by atoms with Crippen LogP contribution in [0.15, 0.2) is 12.7 Å². The molecule has 0 unspecified atom stereocenters. The maximum Gasteiger partial charge on any atom is 0.328 e. The van der Waals surface area contributed by atoms with Gasteiger partial charge >= 0.3 is 12.0 Å². The van der Waals surface area contributed by atoms with Crippen LogP contribution in [0, 0.1) is 0 Å². The van der Waals surface area contributed by atoms with Gasteiger partial charge in [-0.3, -0.25) is 0 Å². The summed E-state index contributed by atoms with van der Waals surface area (Å²) in [7, 11) is 0. The van der Waals surface area contributed by atoms with E-state index in [-0.39, 0.29) is 19.7 Å². The van der Waals surface area contributed by atoms with Crippen molar-refractivity contribution in [3.05, 3.63) is 12.7 Å². The Kier molecular flexibility index (Phi) is 5.52. The van der Waals surface area contributed by atoms with Crippen LogP contribution in [0.4, 0.5) is 4.79 Å². The number of aliphatic hydroxyl groups excluding tert-OH is 1. The number of carbonyl (C=O) groups is 2. The number of hydrogen-bond acceptors (Lipinski definition) is 3. The van der Waals surface area contributed by atoms with Gasteiger partial charge in [0.05, 0.1) is 6.61 Å². The monoisotopic (exact) mass is 230 g/mol. The van der Waals surface area contributed by atoms with Crippen molar-refractivity contribution in [1.29, 1.82) is 0 Å². The first kappa shape index (κ1) is 14.4. The number of carboxylic acid groups (broad SMARTS) is 1. The third-order valence-electron chi connectivity index (χ3n) is 1.96. The molecule has 0 aliphatic rings. The van der Waals surface area contributed by atoms with Crippen LogP contribution in [0.25, 0.3) is 0 Å². The van der Waals surface area contributed by atoms with Crippen LogP contribution in [-0.4, -0.2) is 52.3 Å². The lowest BCUT2D eigenvalue weighted by molar-refractivity contribution is -0.143. The molecule has 0 aliphatic heterocycles. The normalized spacial score (nSPS) is 10.7. The molecule has 0 heterocycles. The highest BCUT2D eigenvalue weighted by molar-refractivity contribution is 5.85. The van der Waals surface area contributed by atoms with Crippen molar-refractivity contribution in [3.63, 3.8) is 0 Å². The summed E-state index contributed by atoms with van der Waals surface area (Å²) in [5.74, 6) is -1.12. The Balaban J connectivity index is 4.51. The van der Waals surface area contributed by atoms with Crippen LogP contribution >= 0.6 is 0 Å². The Bertz CT molecular complexity index is 276. The fraction of sp³-hybridized carbons (Fsp3) is 0.600. The van der Waals surface area contributed by atoms with Crippen LogP contribution in [0.1, 0.15) is 13.8 Å². The van der Waals surface area contributed by atoms with Crippen molar-refractivity contribution in [2.24, 2.45) is 0 Å². The van der Waals surface area contributed by atoms with Gasteiger partial charge in [0.2, 0.25) is 0 Å². The van der Waals surface area contributed by atoms with E-state index in [4.69, 9.17) is 10.2 Å². The molecule has 0 saturated carbocycles. The number of nitrogens with one attached hydrogen (secondary N) is 1. The van der Waals surface area contributed by atoms with E-state index < -0.39 is 17.5 Å². The van der Waals surface area contributed by atoms with Crippen molar-refractivity contribution < 1.29 is 19.8 Å². The second-order valence-electron chi connectivity index (χ2n) is 3.82. The van der Waals surface area contributed by atoms with E-state index >= 15 is 0 Å².